The standard InChI is InChI=1S/C14H23NS/c1-5-12(15)13(14(2,3)4)16-11-9-7-6-8-10-11/h6-10,12-13H,5,15H2,1-4H3. The fourth-order valence-electron chi connectivity index (χ4n) is 1.77. The number of nitrogens with two attached hydrogens (primary N) is 1. The van der Waals surface area contributed by atoms with Crippen LogP contribution in [0.4, 0.5) is 0 Å². The summed E-state index contributed by atoms with van der Waals surface area (Å²) in [5.74, 6) is 0. The first-order chi connectivity index (χ1) is 7.45. The zero-order valence-corrected chi connectivity index (χ0v) is 11.6. The van der Waals surface area contributed by atoms with Crippen LogP contribution >= 0.6 is 11.8 Å². The van der Waals surface area contributed by atoms with Crippen LogP contribution in [0.25, 0.3) is 0 Å². The average Bonchev–Trinajstić information content (AvgIpc) is 2.25. The van der Waals surface area contributed by atoms with E-state index in [1.807, 2.05) is 11.8 Å². The Morgan fingerprint density at radius 1 is 1.19 bits per heavy atom. The van der Waals surface area contributed by atoms with Crippen LogP contribution in [0.5, 0.6) is 0 Å². The zero-order valence-electron chi connectivity index (χ0n) is 10.7. The van der Waals surface area contributed by atoms with Gasteiger partial charge in [0.15, 0.2) is 0 Å². The molecule has 0 amide bonds. The Morgan fingerprint density at radius 2 is 1.75 bits per heavy atom. The van der Waals surface area contributed by atoms with Crippen molar-refractivity contribution in [3.05, 3.63) is 30.3 Å². The van der Waals surface area contributed by atoms with Crippen LogP contribution in [-0.4, -0.2) is 11.3 Å². The summed E-state index contributed by atoms with van der Waals surface area (Å²) in [6.07, 6.45) is 1.03. The molecule has 0 aliphatic carbocycles. The molecule has 2 atom stereocenters. The molecule has 0 aliphatic rings. The fourth-order valence-corrected chi connectivity index (χ4v) is 3.09. The van der Waals surface area contributed by atoms with Gasteiger partial charge < -0.3 is 5.73 Å². The van der Waals surface area contributed by atoms with Crippen molar-refractivity contribution < 1.29 is 0 Å². The normalized spacial score (nSPS) is 15.8. The Balaban J connectivity index is 2.80. The number of hydrogen-bond acceptors (Lipinski definition) is 2. The molecule has 90 valence electrons. The molecule has 1 nitrogen and oxygen atoms in total. The molecule has 0 radical (unpaired) electrons. The molecular weight excluding hydrogens is 214 g/mol. The highest BCUT2D eigenvalue weighted by Crippen LogP contribution is 2.37. The van der Waals surface area contributed by atoms with E-state index in [1.165, 1.54) is 4.90 Å². The first kappa shape index (κ1) is 13.6. The molecule has 0 bridgehead atoms. The summed E-state index contributed by atoms with van der Waals surface area (Å²) >= 11 is 1.90. The van der Waals surface area contributed by atoms with Gasteiger partial charge in [-0.15, -0.1) is 11.8 Å². The quantitative estimate of drug-likeness (QED) is 0.803. The maximum atomic E-state index is 6.23. The van der Waals surface area contributed by atoms with Crippen LogP contribution in [0, 0.1) is 5.41 Å². The number of rotatable bonds is 4. The number of benzene rings is 1. The summed E-state index contributed by atoms with van der Waals surface area (Å²) in [5, 5.41) is 0.458. The van der Waals surface area contributed by atoms with Gasteiger partial charge in [0.1, 0.15) is 0 Å². The first-order valence-corrected chi connectivity index (χ1v) is 6.80. The number of thioether (sulfide) groups is 1. The second-order valence-corrected chi connectivity index (χ2v) is 6.50. The van der Waals surface area contributed by atoms with E-state index in [9.17, 15) is 0 Å². The fraction of sp³-hybridized carbons (Fsp3) is 0.571. The van der Waals surface area contributed by atoms with Crippen molar-refractivity contribution in [2.75, 3.05) is 0 Å². The summed E-state index contributed by atoms with van der Waals surface area (Å²) in [7, 11) is 0. The molecule has 2 N–H and O–H groups in total. The lowest BCUT2D eigenvalue weighted by atomic mass is 9.87. The minimum atomic E-state index is 0.232. The van der Waals surface area contributed by atoms with Gasteiger partial charge in [-0.05, 0) is 24.0 Å². The van der Waals surface area contributed by atoms with Crippen molar-refractivity contribution in [1.29, 1.82) is 0 Å². The molecule has 0 heterocycles. The van der Waals surface area contributed by atoms with E-state index in [0.717, 1.165) is 6.42 Å². The third-order valence-corrected chi connectivity index (χ3v) is 4.58. The molecule has 1 aromatic carbocycles. The third kappa shape index (κ3) is 3.84. The smallest absolute Gasteiger partial charge is 0.0294 e. The topological polar surface area (TPSA) is 26.0 Å². The molecule has 1 rings (SSSR count). The first-order valence-electron chi connectivity index (χ1n) is 5.92. The van der Waals surface area contributed by atoms with E-state index in [-0.39, 0.29) is 11.5 Å². The van der Waals surface area contributed by atoms with Crippen molar-refractivity contribution >= 4 is 11.8 Å². The molecule has 0 fully saturated rings. The highest BCUT2D eigenvalue weighted by atomic mass is 32.2. The minimum absolute atomic E-state index is 0.232. The molecule has 16 heavy (non-hydrogen) atoms. The van der Waals surface area contributed by atoms with Gasteiger partial charge in [0.25, 0.3) is 0 Å². The van der Waals surface area contributed by atoms with Crippen LogP contribution in [0.3, 0.4) is 0 Å². The van der Waals surface area contributed by atoms with Crippen molar-refractivity contribution in [2.45, 2.75) is 50.3 Å². The molecule has 0 spiro atoms. The third-order valence-electron chi connectivity index (χ3n) is 2.72. The predicted octanol–water partition coefficient (Wildman–Crippen LogP) is 3.93. The summed E-state index contributed by atoms with van der Waals surface area (Å²) in [4.78, 5) is 1.31. The van der Waals surface area contributed by atoms with Crippen LogP contribution in [0.15, 0.2) is 35.2 Å². The van der Waals surface area contributed by atoms with Gasteiger partial charge in [-0.3, -0.25) is 0 Å². The van der Waals surface area contributed by atoms with E-state index in [4.69, 9.17) is 5.73 Å². The number of hydrogen-bond donors (Lipinski definition) is 1. The second kappa shape index (κ2) is 5.74. The molecule has 0 aromatic heterocycles. The highest BCUT2D eigenvalue weighted by Gasteiger charge is 2.30. The Bertz CT molecular complexity index is 302. The average molecular weight is 237 g/mol. The Hall–Kier alpha value is -0.470. The zero-order chi connectivity index (χ0) is 12.2. The van der Waals surface area contributed by atoms with Gasteiger partial charge in [0.2, 0.25) is 0 Å². The maximum absolute atomic E-state index is 6.23. The van der Waals surface area contributed by atoms with Crippen LogP contribution in [0.2, 0.25) is 0 Å². The summed E-state index contributed by atoms with van der Waals surface area (Å²) in [5.41, 5.74) is 6.46. The molecule has 0 saturated heterocycles. The van der Waals surface area contributed by atoms with Crippen LogP contribution in [-0.2, 0) is 0 Å². The van der Waals surface area contributed by atoms with Gasteiger partial charge in [-0.25, -0.2) is 0 Å². The van der Waals surface area contributed by atoms with E-state index in [0.29, 0.717) is 5.25 Å². The van der Waals surface area contributed by atoms with E-state index in [1.54, 1.807) is 0 Å². The van der Waals surface area contributed by atoms with Gasteiger partial charge >= 0.3 is 0 Å². The molecule has 0 saturated carbocycles. The molecule has 2 unspecified atom stereocenters. The maximum Gasteiger partial charge on any atom is 0.0294 e. The monoisotopic (exact) mass is 237 g/mol. The van der Waals surface area contributed by atoms with E-state index in [2.05, 4.69) is 58.0 Å². The summed E-state index contributed by atoms with van der Waals surface area (Å²) < 4.78 is 0. The lowest BCUT2D eigenvalue weighted by molar-refractivity contribution is 0.350. The molecule has 1 aromatic rings. The molecule has 2 heteroatoms. The second-order valence-electron chi connectivity index (χ2n) is 5.29. The van der Waals surface area contributed by atoms with Crippen molar-refractivity contribution in [1.82, 2.24) is 0 Å². The van der Waals surface area contributed by atoms with Gasteiger partial charge in [-0.1, -0.05) is 45.9 Å². The summed E-state index contributed by atoms with van der Waals surface area (Å²) in [6, 6.07) is 10.8. The van der Waals surface area contributed by atoms with Crippen LogP contribution in [0.1, 0.15) is 34.1 Å². The van der Waals surface area contributed by atoms with E-state index >= 15 is 0 Å². The highest BCUT2D eigenvalue weighted by molar-refractivity contribution is 8.00. The lowest BCUT2D eigenvalue weighted by Crippen LogP contribution is -2.40. The van der Waals surface area contributed by atoms with E-state index < -0.39 is 0 Å². The van der Waals surface area contributed by atoms with Gasteiger partial charge in [-0.2, -0.15) is 0 Å². The van der Waals surface area contributed by atoms with Crippen molar-refractivity contribution in [3.63, 3.8) is 0 Å². The van der Waals surface area contributed by atoms with Crippen LogP contribution < -0.4 is 5.73 Å². The SMILES string of the molecule is CCC(N)C(Sc1ccccc1)C(C)(C)C. The Morgan fingerprint density at radius 3 is 2.19 bits per heavy atom. The Labute approximate surface area is 104 Å². The minimum Gasteiger partial charge on any atom is -0.327 e. The largest absolute Gasteiger partial charge is 0.327 e. The van der Waals surface area contributed by atoms with Crippen molar-refractivity contribution in [3.8, 4) is 0 Å². The predicted molar refractivity (Wildman–Crippen MR) is 73.8 cm³/mol. The van der Waals surface area contributed by atoms with Crippen molar-refractivity contribution in [2.24, 2.45) is 11.1 Å². The van der Waals surface area contributed by atoms with Gasteiger partial charge in [0, 0.05) is 16.2 Å². The van der Waals surface area contributed by atoms with Gasteiger partial charge in [0.05, 0.1) is 0 Å². The molecular formula is C14H23NS. The molecule has 0 aliphatic heterocycles. The lowest BCUT2D eigenvalue weighted by Gasteiger charge is -2.34. The Kier molecular flexibility index (Phi) is 4.88. The summed E-state index contributed by atoms with van der Waals surface area (Å²) in [6.45, 7) is 8.96.